The Morgan fingerprint density at radius 1 is 1.14 bits per heavy atom. The standard InChI is InChI=1S/C10H11NO.C4H6O6/c11-7-9-6-8-4-2-1-3-5-10(8)12-9;5-1(3(7)8)2(6)4(9)10/h1-6,9H,7,11H2;1-2,5-6H,(H,7,8)(H,9,10). The van der Waals surface area contributed by atoms with Crippen molar-refractivity contribution in [3.05, 3.63) is 47.8 Å². The molecule has 6 N–H and O–H groups in total. The lowest BCUT2D eigenvalue weighted by atomic mass is 10.2. The Morgan fingerprint density at radius 3 is 2.23 bits per heavy atom. The van der Waals surface area contributed by atoms with E-state index in [0.717, 1.165) is 11.3 Å². The number of rotatable bonds is 4. The molecule has 0 aromatic rings. The van der Waals surface area contributed by atoms with Gasteiger partial charge in [-0.25, -0.2) is 9.59 Å². The van der Waals surface area contributed by atoms with E-state index < -0.39 is 24.1 Å². The molecule has 0 bridgehead atoms. The lowest BCUT2D eigenvalue weighted by Gasteiger charge is -2.07. The minimum absolute atomic E-state index is 0.0578. The first-order valence-electron chi connectivity index (χ1n) is 6.32. The first kappa shape index (κ1) is 17.6. The van der Waals surface area contributed by atoms with Crippen molar-refractivity contribution in [3.8, 4) is 0 Å². The van der Waals surface area contributed by atoms with Crippen LogP contribution in [0.4, 0.5) is 0 Å². The van der Waals surface area contributed by atoms with Gasteiger partial charge in [0, 0.05) is 12.1 Å². The number of aliphatic carboxylic acids is 2. The van der Waals surface area contributed by atoms with E-state index in [1.54, 1.807) is 0 Å². The van der Waals surface area contributed by atoms with Gasteiger partial charge in [-0.3, -0.25) is 0 Å². The SMILES string of the molecule is NCC1C=C2C=CC=CC=C2O1.O=C(O)C(O)C(O)C(=O)O. The third kappa shape index (κ3) is 4.85. The van der Waals surface area contributed by atoms with Crippen LogP contribution in [0.5, 0.6) is 0 Å². The molecule has 0 aromatic heterocycles. The van der Waals surface area contributed by atoms with Crippen LogP contribution in [0.15, 0.2) is 47.8 Å². The van der Waals surface area contributed by atoms with Crippen molar-refractivity contribution >= 4 is 11.9 Å². The van der Waals surface area contributed by atoms with Crippen molar-refractivity contribution in [2.24, 2.45) is 5.73 Å². The van der Waals surface area contributed by atoms with E-state index in [-0.39, 0.29) is 6.10 Å². The second kappa shape index (κ2) is 8.13. The van der Waals surface area contributed by atoms with Crippen LogP contribution in [0.1, 0.15) is 0 Å². The van der Waals surface area contributed by atoms with E-state index in [0.29, 0.717) is 6.54 Å². The average molecular weight is 311 g/mol. The number of aliphatic hydroxyl groups excluding tert-OH is 2. The summed E-state index contributed by atoms with van der Waals surface area (Å²) in [6.45, 7) is 0.540. The Bertz CT molecular complexity index is 529. The molecule has 1 aliphatic carbocycles. The first-order chi connectivity index (χ1) is 10.4. The summed E-state index contributed by atoms with van der Waals surface area (Å²) in [6, 6.07) is 0. The van der Waals surface area contributed by atoms with E-state index in [4.69, 9.17) is 30.9 Å². The Kier molecular flexibility index (Phi) is 6.51. The zero-order chi connectivity index (χ0) is 16.7. The minimum Gasteiger partial charge on any atom is -0.484 e. The fourth-order valence-electron chi connectivity index (χ4n) is 1.57. The Balaban J connectivity index is 0.000000225. The summed E-state index contributed by atoms with van der Waals surface area (Å²) in [5.41, 5.74) is 6.62. The van der Waals surface area contributed by atoms with Crippen LogP contribution >= 0.6 is 0 Å². The fraction of sp³-hybridized carbons (Fsp3) is 0.286. The van der Waals surface area contributed by atoms with Gasteiger partial charge < -0.3 is 30.9 Å². The zero-order valence-electron chi connectivity index (χ0n) is 11.5. The predicted molar refractivity (Wildman–Crippen MR) is 75.7 cm³/mol. The molecule has 8 nitrogen and oxygen atoms in total. The molecule has 2 rings (SSSR count). The van der Waals surface area contributed by atoms with Gasteiger partial charge in [-0.2, -0.15) is 0 Å². The van der Waals surface area contributed by atoms with Crippen LogP contribution in [-0.2, 0) is 14.3 Å². The van der Waals surface area contributed by atoms with Crippen LogP contribution < -0.4 is 5.73 Å². The summed E-state index contributed by atoms with van der Waals surface area (Å²) >= 11 is 0. The van der Waals surface area contributed by atoms with Crippen molar-refractivity contribution in [2.45, 2.75) is 18.3 Å². The van der Waals surface area contributed by atoms with Gasteiger partial charge in [-0.15, -0.1) is 0 Å². The maximum absolute atomic E-state index is 9.77. The molecular formula is C14H17NO7. The molecule has 0 saturated heterocycles. The monoisotopic (exact) mass is 311 g/mol. The molecule has 0 saturated carbocycles. The van der Waals surface area contributed by atoms with E-state index >= 15 is 0 Å². The third-order valence-corrected chi connectivity index (χ3v) is 2.71. The van der Waals surface area contributed by atoms with E-state index in [2.05, 4.69) is 6.08 Å². The van der Waals surface area contributed by atoms with Gasteiger partial charge in [0.15, 0.2) is 12.2 Å². The van der Waals surface area contributed by atoms with Gasteiger partial charge >= 0.3 is 11.9 Å². The van der Waals surface area contributed by atoms with Crippen molar-refractivity contribution in [3.63, 3.8) is 0 Å². The molecule has 0 aromatic carbocycles. The lowest BCUT2D eigenvalue weighted by molar-refractivity contribution is -0.165. The lowest BCUT2D eigenvalue weighted by Crippen LogP contribution is -2.39. The van der Waals surface area contributed by atoms with Gasteiger partial charge in [0.1, 0.15) is 11.9 Å². The van der Waals surface area contributed by atoms with E-state index in [1.807, 2.05) is 30.4 Å². The van der Waals surface area contributed by atoms with Crippen LogP contribution in [0.3, 0.4) is 0 Å². The Labute approximate surface area is 126 Å². The molecule has 3 atom stereocenters. The molecule has 1 aliphatic heterocycles. The highest BCUT2D eigenvalue weighted by Gasteiger charge is 2.29. The molecule has 22 heavy (non-hydrogen) atoms. The number of allylic oxidation sites excluding steroid dienone is 5. The van der Waals surface area contributed by atoms with Crippen LogP contribution in [0.2, 0.25) is 0 Å². The van der Waals surface area contributed by atoms with Crippen LogP contribution in [0.25, 0.3) is 0 Å². The number of ether oxygens (including phenoxy) is 1. The number of nitrogens with two attached hydrogens (primary N) is 1. The third-order valence-electron chi connectivity index (χ3n) is 2.71. The molecule has 8 heteroatoms. The normalized spacial score (nSPS) is 21.1. The highest BCUT2D eigenvalue weighted by atomic mass is 16.5. The number of aliphatic hydroxyl groups is 2. The quantitative estimate of drug-likeness (QED) is 0.451. The Morgan fingerprint density at radius 2 is 1.73 bits per heavy atom. The summed E-state index contributed by atoms with van der Waals surface area (Å²) < 4.78 is 5.54. The number of carboxylic acid groups (broad SMARTS) is 2. The summed E-state index contributed by atoms with van der Waals surface area (Å²) in [5, 5.41) is 32.5. The summed E-state index contributed by atoms with van der Waals surface area (Å²) in [5.74, 6) is -2.61. The van der Waals surface area contributed by atoms with E-state index in [9.17, 15) is 9.59 Å². The molecule has 0 radical (unpaired) electrons. The van der Waals surface area contributed by atoms with Crippen molar-refractivity contribution in [1.82, 2.24) is 0 Å². The smallest absolute Gasteiger partial charge is 0.335 e. The summed E-state index contributed by atoms with van der Waals surface area (Å²) in [7, 11) is 0. The molecular weight excluding hydrogens is 294 g/mol. The molecule has 2 aliphatic rings. The largest absolute Gasteiger partial charge is 0.484 e. The molecule has 0 amide bonds. The topological polar surface area (TPSA) is 150 Å². The van der Waals surface area contributed by atoms with Gasteiger partial charge in [-0.1, -0.05) is 24.3 Å². The molecule has 3 unspecified atom stereocenters. The number of hydrogen-bond acceptors (Lipinski definition) is 6. The van der Waals surface area contributed by atoms with Crippen LogP contribution in [0, 0.1) is 0 Å². The Hall–Kier alpha value is -2.42. The average Bonchev–Trinajstić information content (AvgIpc) is 2.76. The zero-order valence-corrected chi connectivity index (χ0v) is 11.5. The highest BCUT2D eigenvalue weighted by molar-refractivity contribution is 5.83. The molecule has 0 fully saturated rings. The van der Waals surface area contributed by atoms with Crippen molar-refractivity contribution < 1.29 is 34.8 Å². The first-order valence-corrected chi connectivity index (χ1v) is 6.32. The van der Waals surface area contributed by atoms with Gasteiger partial charge in [0.05, 0.1) is 0 Å². The fourth-order valence-corrected chi connectivity index (χ4v) is 1.57. The van der Waals surface area contributed by atoms with Gasteiger partial charge in [-0.05, 0) is 12.2 Å². The number of hydrogen-bond donors (Lipinski definition) is 5. The van der Waals surface area contributed by atoms with Gasteiger partial charge in [0.25, 0.3) is 0 Å². The molecule has 0 spiro atoms. The molecule has 1 heterocycles. The van der Waals surface area contributed by atoms with Crippen molar-refractivity contribution in [1.29, 1.82) is 0 Å². The maximum atomic E-state index is 9.77. The van der Waals surface area contributed by atoms with Crippen molar-refractivity contribution in [2.75, 3.05) is 6.54 Å². The highest BCUT2D eigenvalue weighted by Crippen LogP contribution is 2.25. The predicted octanol–water partition coefficient (Wildman–Crippen LogP) is -0.842. The maximum Gasteiger partial charge on any atom is 0.335 e. The van der Waals surface area contributed by atoms with E-state index in [1.165, 1.54) is 0 Å². The minimum atomic E-state index is -2.27. The number of carboxylic acids is 2. The summed E-state index contributed by atoms with van der Waals surface area (Å²) in [4.78, 5) is 19.5. The van der Waals surface area contributed by atoms with Gasteiger partial charge in [0.2, 0.25) is 0 Å². The second-order valence-corrected chi connectivity index (χ2v) is 4.36. The number of fused-ring (bicyclic) bond motifs is 1. The number of carbonyl (C=O) groups is 2. The molecule has 120 valence electrons. The second-order valence-electron chi connectivity index (χ2n) is 4.36. The summed E-state index contributed by atoms with van der Waals surface area (Å²) in [6.07, 6.45) is 7.51. The van der Waals surface area contributed by atoms with Crippen LogP contribution in [-0.4, -0.2) is 57.2 Å².